The van der Waals surface area contributed by atoms with E-state index in [4.69, 9.17) is 4.98 Å². The molecule has 3 rings (SSSR count). The SMILES string of the molecule is Cc1cc2ccccc2c(Cc2ccccc2)n1. The molecule has 0 aliphatic carbocycles. The van der Waals surface area contributed by atoms with Crippen LogP contribution in [0.15, 0.2) is 60.7 Å². The van der Waals surface area contributed by atoms with Crippen LogP contribution in [0, 0.1) is 6.92 Å². The van der Waals surface area contributed by atoms with E-state index in [9.17, 15) is 0 Å². The fourth-order valence-electron chi connectivity index (χ4n) is 2.34. The summed E-state index contributed by atoms with van der Waals surface area (Å²) in [5, 5.41) is 2.53. The minimum absolute atomic E-state index is 0.892. The second kappa shape index (κ2) is 4.61. The third-order valence-corrected chi connectivity index (χ3v) is 3.16. The van der Waals surface area contributed by atoms with Crippen LogP contribution in [-0.4, -0.2) is 4.98 Å². The fraction of sp³-hybridized carbons (Fsp3) is 0.118. The molecule has 0 fully saturated rings. The Hall–Kier alpha value is -2.15. The number of nitrogens with zero attached hydrogens (tertiary/aromatic N) is 1. The molecule has 1 aromatic heterocycles. The number of aryl methyl sites for hydroxylation is 1. The van der Waals surface area contributed by atoms with Gasteiger partial charge in [-0.05, 0) is 23.9 Å². The first-order chi connectivity index (χ1) is 8.83. The number of rotatable bonds is 2. The molecule has 1 heterocycles. The van der Waals surface area contributed by atoms with Crippen molar-refractivity contribution < 1.29 is 0 Å². The van der Waals surface area contributed by atoms with Crippen LogP contribution in [0.2, 0.25) is 0 Å². The molecule has 0 saturated carbocycles. The van der Waals surface area contributed by atoms with Crippen LogP contribution in [0.25, 0.3) is 10.8 Å². The van der Waals surface area contributed by atoms with Crippen LogP contribution < -0.4 is 0 Å². The van der Waals surface area contributed by atoms with Crippen molar-refractivity contribution in [1.29, 1.82) is 0 Å². The molecular weight excluding hydrogens is 218 g/mol. The monoisotopic (exact) mass is 233 g/mol. The molecule has 0 amide bonds. The van der Waals surface area contributed by atoms with Gasteiger partial charge >= 0.3 is 0 Å². The zero-order chi connectivity index (χ0) is 12.4. The third-order valence-electron chi connectivity index (χ3n) is 3.16. The number of hydrogen-bond acceptors (Lipinski definition) is 1. The summed E-state index contributed by atoms with van der Waals surface area (Å²) in [6, 6.07) is 21.1. The van der Waals surface area contributed by atoms with E-state index in [0.717, 1.165) is 17.8 Å². The molecule has 0 N–H and O–H groups in total. The standard InChI is InChI=1S/C17H15N/c1-13-11-15-9-5-6-10-16(15)17(18-13)12-14-7-3-2-4-8-14/h2-11H,12H2,1H3. The summed E-state index contributed by atoms with van der Waals surface area (Å²) in [6.45, 7) is 2.06. The van der Waals surface area contributed by atoms with Crippen molar-refractivity contribution in [3.05, 3.63) is 77.6 Å². The van der Waals surface area contributed by atoms with Crippen molar-refractivity contribution in [1.82, 2.24) is 4.98 Å². The Kier molecular flexibility index (Phi) is 2.81. The molecule has 0 unspecified atom stereocenters. The molecule has 0 radical (unpaired) electrons. The van der Waals surface area contributed by atoms with Gasteiger partial charge in [0.2, 0.25) is 0 Å². The lowest BCUT2D eigenvalue weighted by molar-refractivity contribution is 1.06. The highest BCUT2D eigenvalue weighted by Gasteiger charge is 2.04. The lowest BCUT2D eigenvalue weighted by atomic mass is 10.0. The van der Waals surface area contributed by atoms with Gasteiger partial charge in [-0.25, -0.2) is 0 Å². The lowest BCUT2D eigenvalue weighted by Crippen LogP contribution is -1.96. The summed E-state index contributed by atoms with van der Waals surface area (Å²) in [4.78, 5) is 4.70. The van der Waals surface area contributed by atoms with Gasteiger partial charge in [0.15, 0.2) is 0 Å². The quantitative estimate of drug-likeness (QED) is 0.648. The van der Waals surface area contributed by atoms with E-state index >= 15 is 0 Å². The zero-order valence-corrected chi connectivity index (χ0v) is 10.4. The molecule has 2 aromatic carbocycles. The van der Waals surface area contributed by atoms with Gasteiger partial charge in [-0.15, -0.1) is 0 Å². The van der Waals surface area contributed by atoms with E-state index in [1.54, 1.807) is 0 Å². The van der Waals surface area contributed by atoms with Gasteiger partial charge in [-0.1, -0.05) is 54.6 Å². The van der Waals surface area contributed by atoms with Crippen molar-refractivity contribution in [3.8, 4) is 0 Å². The van der Waals surface area contributed by atoms with E-state index in [1.165, 1.54) is 16.3 Å². The molecule has 0 aliphatic heterocycles. The molecule has 88 valence electrons. The first kappa shape index (κ1) is 11.0. The van der Waals surface area contributed by atoms with E-state index in [1.807, 2.05) is 6.07 Å². The van der Waals surface area contributed by atoms with Gasteiger partial charge < -0.3 is 0 Å². The van der Waals surface area contributed by atoms with Crippen molar-refractivity contribution in [3.63, 3.8) is 0 Å². The number of fused-ring (bicyclic) bond motifs is 1. The number of benzene rings is 2. The fourth-order valence-corrected chi connectivity index (χ4v) is 2.34. The van der Waals surface area contributed by atoms with Crippen LogP contribution in [0.3, 0.4) is 0 Å². The zero-order valence-electron chi connectivity index (χ0n) is 10.4. The Morgan fingerprint density at radius 3 is 2.44 bits per heavy atom. The van der Waals surface area contributed by atoms with Crippen molar-refractivity contribution in [2.24, 2.45) is 0 Å². The van der Waals surface area contributed by atoms with Crippen LogP contribution in [-0.2, 0) is 6.42 Å². The van der Waals surface area contributed by atoms with Gasteiger partial charge in [0, 0.05) is 17.5 Å². The topological polar surface area (TPSA) is 12.9 Å². The Morgan fingerprint density at radius 2 is 1.61 bits per heavy atom. The molecule has 3 aromatic rings. The minimum Gasteiger partial charge on any atom is -0.257 e. The molecule has 1 heteroatoms. The Balaban J connectivity index is 2.11. The number of aromatic nitrogens is 1. The van der Waals surface area contributed by atoms with Crippen molar-refractivity contribution >= 4 is 10.8 Å². The van der Waals surface area contributed by atoms with Gasteiger partial charge in [0.1, 0.15) is 0 Å². The predicted molar refractivity (Wildman–Crippen MR) is 75.7 cm³/mol. The second-order valence-corrected chi connectivity index (χ2v) is 4.59. The summed E-state index contributed by atoms with van der Waals surface area (Å²) >= 11 is 0. The van der Waals surface area contributed by atoms with Gasteiger partial charge in [0.25, 0.3) is 0 Å². The summed E-state index contributed by atoms with van der Waals surface area (Å²) in [5.41, 5.74) is 3.55. The second-order valence-electron chi connectivity index (χ2n) is 4.59. The van der Waals surface area contributed by atoms with Crippen LogP contribution in [0.1, 0.15) is 17.0 Å². The first-order valence-corrected chi connectivity index (χ1v) is 6.22. The molecular formula is C17H15N. The highest BCUT2D eigenvalue weighted by molar-refractivity contribution is 5.85. The summed E-state index contributed by atoms with van der Waals surface area (Å²) in [5.74, 6) is 0. The van der Waals surface area contributed by atoms with E-state index in [0.29, 0.717) is 0 Å². The molecule has 0 saturated heterocycles. The van der Waals surface area contributed by atoms with Crippen LogP contribution >= 0.6 is 0 Å². The highest BCUT2D eigenvalue weighted by Crippen LogP contribution is 2.20. The summed E-state index contributed by atoms with van der Waals surface area (Å²) in [6.07, 6.45) is 0.892. The maximum absolute atomic E-state index is 4.70. The average molecular weight is 233 g/mol. The molecule has 0 bridgehead atoms. The summed E-state index contributed by atoms with van der Waals surface area (Å²) < 4.78 is 0. The van der Waals surface area contributed by atoms with E-state index in [-0.39, 0.29) is 0 Å². The summed E-state index contributed by atoms with van der Waals surface area (Å²) in [7, 11) is 0. The van der Waals surface area contributed by atoms with Crippen LogP contribution in [0.5, 0.6) is 0 Å². The Bertz CT molecular complexity index is 672. The average Bonchev–Trinajstić information content (AvgIpc) is 2.40. The first-order valence-electron chi connectivity index (χ1n) is 6.22. The predicted octanol–water partition coefficient (Wildman–Crippen LogP) is 4.13. The molecule has 18 heavy (non-hydrogen) atoms. The molecule has 0 spiro atoms. The Morgan fingerprint density at radius 1 is 0.889 bits per heavy atom. The lowest BCUT2D eigenvalue weighted by Gasteiger charge is -2.07. The largest absolute Gasteiger partial charge is 0.257 e. The van der Waals surface area contributed by atoms with Crippen molar-refractivity contribution in [2.45, 2.75) is 13.3 Å². The van der Waals surface area contributed by atoms with E-state index < -0.39 is 0 Å². The minimum atomic E-state index is 0.892. The van der Waals surface area contributed by atoms with Crippen LogP contribution in [0.4, 0.5) is 0 Å². The van der Waals surface area contributed by atoms with E-state index in [2.05, 4.69) is 61.5 Å². The molecule has 0 aliphatic rings. The maximum Gasteiger partial charge on any atom is 0.0528 e. The molecule has 1 nitrogen and oxygen atoms in total. The van der Waals surface area contributed by atoms with Gasteiger partial charge in [0.05, 0.1) is 5.69 Å². The normalized spacial score (nSPS) is 10.7. The number of pyridine rings is 1. The van der Waals surface area contributed by atoms with Gasteiger partial charge in [-0.3, -0.25) is 4.98 Å². The van der Waals surface area contributed by atoms with Gasteiger partial charge in [-0.2, -0.15) is 0 Å². The molecule has 0 atom stereocenters. The smallest absolute Gasteiger partial charge is 0.0528 e. The maximum atomic E-state index is 4.70. The Labute approximate surface area is 107 Å². The highest BCUT2D eigenvalue weighted by atomic mass is 14.7. The number of hydrogen-bond donors (Lipinski definition) is 0. The van der Waals surface area contributed by atoms with Crippen molar-refractivity contribution in [2.75, 3.05) is 0 Å². The third kappa shape index (κ3) is 2.12.